The van der Waals surface area contributed by atoms with E-state index in [1.54, 1.807) is 0 Å². The van der Waals surface area contributed by atoms with Crippen molar-refractivity contribution in [3.05, 3.63) is 5.73 Å². The predicted molar refractivity (Wildman–Crippen MR) is 37.9 cm³/mol. The Morgan fingerprint density at radius 1 is 1.33 bits per heavy atom. The minimum absolute atomic E-state index is 0. The average Bonchev–Trinajstić information content (AvgIpc) is 1.83. The molecule has 0 aromatic carbocycles. The maximum Gasteiger partial charge on any atom is 0 e. The van der Waals surface area contributed by atoms with Gasteiger partial charge in [0.15, 0.2) is 0 Å². The fourth-order valence-electron chi connectivity index (χ4n) is 0.859. The van der Waals surface area contributed by atoms with Gasteiger partial charge in [-0.1, -0.05) is 39.0 Å². The molecule has 0 aromatic heterocycles. The van der Waals surface area contributed by atoms with E-state index in [2.05, 4.69) is 13.8 Å². The quantitative estimate of drug-likeness (QED) is 0.670. The zero-order valence-electron chi connectivity index (χ0n) is 6.48. The van der Waals surface area contributed by atoms with Crippen molar-refractivity contribution in [2.45, 2.75) is 33.1 Å². The molecule has 0 aliphatic carbocycles. The van der Waals surface area contributed by atoms with Crippen LogP contribution in [-0.2, 0) is 32.7 Å². The van der Waals surface area contributed by atoms with Crippen LogP contribution < -0.4 is 0 Å². The average molecular weight is 203 g/mol. The van der Waals surface area contributed by atoms with Crippen molar-refractivity contribution in [2.24, 2.45) is 5.92 Å². The van der Waals surface area contributed by atoms with E-state index in [4.69, 9.17) is 5.73 Å². The van der Waals surface area contributed by atoms with Gasteiger partial charge in [-0.25, -0.2) is 0 Å². The van der Waals surface area contributed by atoms with Crippen LogP contribution >= 0.6 is 0 Å². The normalized spacial score (nSPS) is 12.3. The van der Waals surface area contributed by atoms with Crippen molar-refractivity contribution in [2.75, 3.05) is 6.54 Å². The SMILES string of the molecule is CCCC(CC)C[NH-].[Y]. The van der Waals surface area contributed by atoms with Crippen molar-refractivity contribution < 1.29 is 32.7 Å². The topological polar surface area (TPSA) is 23.8 Å². The van der Waals surface area contributed by atoms with Crippen molar-refractivity contribution in [3.63, 3.8) is 0 Å². The summed E-state index contributed by atoms with van der Waals surface area (Å²) in [5.41, 5.74) is 7.06. The van der Waals surface area contributed by atoms with Gasteiger partial charge in [0, 0.05) is 32.7 Å². The van der Waals surface area contributed by atoms with Crippen molar-refractivity contribution in [1.82, 2.24) is 0 Å². The fourth-order valence-corrected chi connectivity index (χ4v) is 0.859. The van der Waals surface area contributed by atoms with Gasteiger partial charge < -0.3 is 5.73 Å². The third-order valence-corrected chi connectivity index (χ3v) is 1.56. The molecule has 0 fully saturated rings. The first-order valence-corrected chi connectivity index (χ1v) is 3.49. The summed E-state index contributed by atoms with van der Waals surface area (Å²) >= 11 is 0. The van der Waals surface area contributed by atoms with Gasteiger partial charge in [0.1, 0.15) is 0 Å². The molecule has 1 radical (unpaired) electrons. The Morgan fingerprint density at radius 2 is 1.89 bits per heavy atom. The number of nitrogens with one attached hydrogen (secondary N) is 1. The summed E-state index contributed by atoms with van der Waals surface area (Å²) in [4.78, 5) is 0. The Morgan fingerprint density at radius 3 is 2.00 bits per heavy atom. The van der Waals surface area contributed by atoms with E-state index in [0.717, 1.165) is 0 Å². The maximum absolute atomic E-state index is 7.06. The first-order chi connectivity index (χ1) is 3.85. The molecule has 0 bridgehead atoms. The van der Waals surface area contributed by atoms with Crippen LogP contribution in [0.25, 0.3) is 5.73 Å². The Bertz CT molecular complexity index is 44.2. The standard InChI is InChI=1S/C7H16N.Y/c1-3-5-7(4-2)6-8;/h7-8H,3-6H2,1-2H3;/q-1;. The van der Waals surface area contributed by atoms with Gasteiger partial charge in [-0.05, 0) is 0 Å². The van der Waals surface area contributed by atoms with Gasteiger partial charge in [-0.15, -0.1) is 6.54 Å². The van der Waals surface area contributed by atoms with E-state index in [9.17, 15) is 0 Å². The zero-order valence-corrected chi connectivity index (χ0v) is 9.32. The molecule has 1 nitrogen and oxygen atoms in total. The molecule has 0 aromatic rings. The summed E-state index contributed by atoms with van der Waals surface area (Å²) in [6, 6.07) is 0. The molecular weight excluding hydrogens is 187 g/mol. The van der Waals surface area contributed by atoms with Crippen molar-refractivity contribution >= 4 is 0 Å². The molecule has 0 amide bonds. The van der Waals surface area contributed by atoms with Crippen LogP contribution in [0.2, 0.25) is 0 Å². The van der Waals surface area contributed by atoms with E-state index in [-0.39, 0.29) is 32.7 Å². The molecule has 1 unspecified atom stereocenters. The Kier molecular flexibility index (Phi) is 12.8. The van der Waals surface area contributed by atoms with Gasteiger partial charge in [0.25, 0.3) is 0 Å². The number of hydrogen-bond acceptors (Lipinski definition) is 0. The molecule has 1 N–H and O–H groups in total. The Labute approximate surface area is 83.7 Å². The van der Waals surface area contributed by atoms with Crippen LogP contribution in [0.4, 0.5) is 0 Å². The predicted octanol–water partition coefficient (Wildman–Crippen LogP) is 2.86. The number of hydrogen-bond donors (Lipinski definition) is 0. The van der Waals surface area contributed by atoms with Gasteiger partial charge in [-0.2, -0.15) is 0 Å². The Balaban J connectivity index is 0. The van der Waals surface area contributed by atoms with Crippen LogP contribution in [-0.4, -0.2) is 6.54 Å². The molecule has 9 heavy (non-hydrogen) atoms. The monoisotopic (exact) mass is 203 g/mol. The van der Waals surface area contributed by atoms with Crippen LogP contribution in [0.15, 0.2) is 0 Å². The van der Waals surface area contributed by atoms with Crippen molar-refractivity contribution in [1.29, 1.82) is 0 Å². The minimum atomic E-state index is 0. The molecule has 2 heteroatoms. The zero-order chi connectivity index (χ0) is 6.41. The van der Waals surface area contributed by atoms with Crippen LogP contribution in [0.3, 0.4) is 0 Å². The first-order valence-electron chi connectivity index (χ1n) is 3.49. The molecule has 0 aliphatic heterocycles. The molecule has 0 saturated carbocycles. The Hall–Kier alpha value is 1.06. The molecule has 0 rings (SSSR count). The molecule has 0 saturated heterocycles. The molecular formula is C7H16NY-. The molecule has 53 valence electrons. The van der Waals surface area contributed by atoms with Gasteiger partial charge in [0.05, 0.1) is 0 Å². The summed E-state index contributed by atoms with van der Waals surface area (Å²) in [5, 5.41) is 0. The fraction of sp³-hybridized carbons (Fsp3) is 1.00. The van der Waals surface area contributed by atoms with Gasteiger partial charge >= 0.3 is 0 Å². The third-order valence-electron chi connectivity index (χ3n) is 1.56. The van der Waals surface area contributed by atoms with E-state index in [1.807, 2.05) is 0 Å². The summed E-state index contributed by atoms with van der Waals surface area (Å²) in [5.74, 6) is 0.667. The third kappa shape index (κ3) is 6.96. The largest absolute Gasteiger partial charge is 0.677 e. The van der Waals surface area contributed by atoms with E-state index in [1.165, 1.54) is 19.3 Å². The second-order valence-corrected chi connectivity index (χ2v) is 2.27. The van der Waals surface area contributed by atoms with Crippen LogP contribution in [0, 0.1) is 5.92 Å². The molecule has 1 atom stereocenters. The van der Waals surface area contributed by atoms with E-state index < -0.39 is 0 Å². The second-order valence-electron chi connectivity index (χ2n) is 2.27. The summed E-state index contributed by atoms with van der Waals surface area (Å²) < 4.78 is 0. The van der Waals surface area contributed by atoms with Crippen LogP contribution in [0.5, 0.6) is 0 Å². The smallest absolute Gasteiger partial charge is 0 e. The van der Waals surface area contributed by atoms with Crippen LogP contribution in [0.1, 0.15) is 33.1 Å². The molecule has 0 spiro atoms. The maximum atomic E-state index is 7.06. The molecule has 0 heterocycles. The molecule has 0 aliphatic rings. The number of rotatable bonds is 4. The minimum Gasteiger partial charge on any atom is -0.677 e. The van der Waals surface area contributed by atoms with Crippen molar-refractivity contribution in [3.8, 4) is 0 Å². The van der Waals surface area contributed by atoms with E-state index >= 15 is 0 Å². The summed E-state index contributed by atoms with van der Waals surface area (Å²) in [6.07, 6.45) is 3.65. The summed E-state index contributed by atoms with van der Waals surface area (Å²) in [6.45, 7) is 4.96. The van der Waals surface area contributed by atoms with Gasteiger partial charge in [0.2, 0.25) is 0 Å². The van der Waals surface area contributed by atoms with E-state index in [0.29, 0.717) is 12.5 Å². The summed E-state index contributed by atoms with van der Waals surface area (Å²) in [7, 11) is 0. The first kappa shape index (κ1) is 12.7. The second kappa shape index (κ2) is 9.06. The van der Waals surface area contributed by atoms with Gasteiger partial charge in [-0.3, -0.25) is 0 Å².